The standard InChI is InChI=1S/C16H24N2O6/c1-9(18-16(22)12(17)5-7-14(19)20)15(21)11-8-10(23-2)4-6-13(11)24-3/h4,6,8-9,12,15,21H,5,7,17H2,1-3H3,(H,18,22)(H,19,20)/t9-,12-,15+/m0/s1. The number of carboxylic acid groups (broad SMARTS) is 1. The Bertz CT molecular complexity index is 578. The first-order chi connectivity index (χ1) is 11.3. The summed E-state index contributed by atoms with van der Waals surface area (Å²) in [7, 11) is 2.98. The first kappa shape index (κ1) is 19.7. The van der Waals surface area contributed by atoms with Gasteiger partial charge in [-0.15, -0.1) is 0 Å². The van der Waals surface area contributed by atoms with Crippen LogP contribution in [0.25, 0.3) is 0 Å². The molecule has 0 saturated heterocycles. The molecule has 1 aromatic rings. The molecule has 0 aliphatic heterocycles. The highest BCUT2D eigenvalue weighted by molar-refractivity contribution is 5.82. The first-order valence-corrected chi connectivity index (χ1v) is 7.47. The molecule has 0 heterocycles. The Hall–Kier alpha value is -2.32. The second-order valence-corrected chi connectivity index (χ2v) is 5.39. The molecule has 1 rings (SSSR count). The predicted octanol–water partition coefficient (Wildman–Crippen LogP) is 0.434. The van der Waals surface area contributed by atoms with Crippen molar-refractivity contribution in [2.45, 2.75) is 38.0 Å². The molecule has 0 saturated carbocycles. The van der Waals surface area contributed by atoms with E-state index in [-0.39, 0.29) is 12.8 Å². The Morgan fingerprint density at radius 2 is 1.96 bits per heavy atom. The van der Waals surface area contributed by atoms with Crippen molar-refractivity contribution in [3.8, 4) is 11.5 Å². The molecule has 0 bridgehead atoms. The Labute approximate surface area is 140 Å². The number of aliphatic hydroxyl groups is 1. The predicted molar refractivity (Wildman–Crippen MR) is 87.0 cm³/mol. The highest BCUT2D eigenvalue weighted by Gasteiger charge is 2.24. The van der Waals surface area contributed by atoms with Crippen LogP contribution < -0.4 is 20.5 Å². The highest BCUT2D eigenvalue weighted by atomic mass is 16.5. The summed E-state index contributed by atoms with van der Waals surface area (Å²) in [6.45, 7) is 1.62. The zero-order valence-corrected chi connectivity index (χ0v) is 14.0. The minimum absolute atomic E-state index is 0.0203. The molecule has 8 nitrogen and oxygen atoms in total. The van der Waals surface area contributed by atoms with E-state index in [9.17, 15) is 14.7 Å². The molecule has 0 aromatic heterocycles. The van der Waals surface area contributed by atoms with Gasteiger partial charge in [0.2, 0.25) is 5.91 Å². The van der Waals surface area contributed by atoms with Crippen molar-refractivity contribution in [1.29, 1.82) is 0 Å². The number of carbonyl (C=O) groups is 2. The number of carboxylic acids is 1. The Morgan fingerprint density at radius 3 is 2.50 bits per heavy atom. The van der Waals surface area contributed by atoms with E-state index < -0.39 is 30.1 Å². The van der Waals surface area contributed by atoms with E-state index in [4.69, 9.17) is 20.3 Å². The van der Waals surface area contributed by atoms with E-state index >= 15 is 0 Å². The van der Waals surface area contributed by atoms with E-state index in [0.717, 1.165) is 0 Å². The number of nitrogens with one attached hydrogen (secondary N) is 1. The number of carbonyl (C=O) groups excluding carboxylic acids is 1. The van der Waals surface area contributed by atoms with Gasteiger partial charge in [-0.25, -0.2) is 0 Å². The van der Waals surface area contributed by atoms with Crippen LogP contribution in [0.2, 0.25) is 0 Å². The third-order valence-corrected chi connectivity index (χ3v) is 3.61. The van der Waals surface area contributed by atoms with Gasteiger partial charge in [-0.1, -0.05) is 0 Å². The zero-order chi connectivity index (χ0) is 18.3. The van der Waals surface area contributed by atoms with Gasteiger partial charge in [-0.2, -0.15) is 0 Å². The number of aliphatic carboxylic acids is 1. The number of ether oxygens (including phenoxy) is 2. The van der Waals surface area contributed by atoms with Crippen LogP contribution in [0.1, 0.15) is 31.4 Å². The quantitative estimate of drug-likeness (QED) is 0.513. The zero-order valence-electron chi connectivity index (χ0n) is 14.0. The average molecular weight is 340 g/mol. The van der Waals surface area contributed by atoms with Crippen molar-refractivity contribution in [1.82, 2.24) is 5.32 Å². The minimum atomic E-state index is -1.05. The Morgan fingerprint density at radius 1 is 1.29 bits per heavy atom. The van der Waals surface area contributed by atoms with Crippen LogP contribution in [0, 0.1) is 0 Å². The fraction of sp³-hybridized carbons (Fsp3) is 0.500. The maximum atomic E-state index is 12.0. The summed E-state index contributed by atoms with van der Waals surface area (Å²) >= 11 is 0. The van der Waals surface area contributed by atoms with Gasteiger partial charge in [0.15, 0.2) is 0 Å². The van der Waals surface area contributed by atoms with Gasteiger partial charge >= 0.3 is 5.97 Å². The Kier molecular flexibility index (Phi) is 7.47. The molecule has 1 amide bonds. The lowest BCUT2D eigenvalue weighted by molar-refractivity contribution is -0.137. The maximum absolute atomic E-state index is 12.0. The number of benzene rings is 1. The van der Waals surface area contributed by atoms with Crippen molar-refractivity contribution in [2.75, 3.05) is 14.2 Å². The molecular formula is C16H24N2O6. The molecule has 8 heteroatoms. The van der Waals surface area contributed by atoms with E-state index in [0.29, 0.717) is 17.1 Å². The molecule has 3 atom stereocenters. The summed E-state index contributed by atoms with van der Waals surface area (Å²) in [6.07, 6.45) is -1.23. The molecule has 1 aromatic carbocycles. The summed E-state index contributed by atoms with van der Waals surface area (Å²) in [6, 6.07) is 3.36. The topological polar surface area (TPSA) is 131 Å². The largest absolute Gasteiger partial charge is 0.497 e. The highest BCUT2D eigenvalue weighted by Crippen LogP contribution is 2.31. The van der Waals surface area contributed by atoms with Crippen molar-refractivity contribution in [3.63, 3.8) is 0 Å². The molecule has 0 spiro atoms. The Balaban J connectivity index is 2.78. The van der Waals surface area contributed by atoms with Crippen molar-refractivity contribution in [2.24, 2.45) is 5.73 Å². The first-order valence-electron chi connectivity index (χ1n) is 7.47. The van der Waals surface area contributed by atoms with E-state index in [1.54, 1.807) is 25.1 Å². The molecule has 0 unspecified atom stereocenters. The van der Waals surface area contributed by atoms with Crippen molar-refractivity contribution in [3.05, 3.63) is 23.8 Å². The van der Waals surface area contributed by atoms with Gasteiger partial charge in [-0.05, 0) is 31.5 Å². The molecule has 0 radical (unpaired) electrons. The number of aliphatic hydroxyl groups excluding tert-OH is 1. The van der Waals surface area contributed by atoms with Crippen LogP contribution >= 0.6 is 0 Å². The molecule has 0 fully saturated rings. The summed E-state index contributed by atoms with van der Waals surface area (Å²) in [5, 5.41) is 21.7. The monoisotopic (exact) mass is 340 g/mol. The van der Waals surface area contributed by atoms with Crippen LogP contribution in [0.15, 0.2) is 18.2 Å². The van der Waals surface area contributed by atoms with Crippen LogP contribution in [0.5, 0.6) is 11.5 Å². The van der Waals surface area contributed by atoms with E-state index in [1.165, 1.54) is 14.2 Å². The molecule has 134 valence electrons. The van der Waals surface area contributed by atoms with Crippen LogP contribution in [0.3, 0.4) is 0 Å². The minimum Gasteiger partial charge on any atom is -0.497 e. The van der Waals surface area contributed by atoms with E-state index in [2.05, 4.69) is 5.32 Å². The fourth-order valence-corrected chi connectivity index (χ4v) is 2.16. The smallest absolute Gasteiger partial charge is 0.303 e. The van der Waals surface area contributed by atoms with Crippen molar-refractivity contribution < 1.29 is 29.3 Å². The summed E-state index contributed by atoms with van der Waals surface area (Å²) < 4.78 is 10.3. The summed E-state index contributed by atoms with van der Waals surface area (Å²) in [4.78, 5) is 22.5. The number of amides is 1. The molecule has 0 aliphatic rings. The number of hydrogen-bond acceptors (Lipinski definition) is 6. The van der Waals surface area contributed by atoms with Crippen LogP contribution in [-0.4, -0.2) is 48.4 Å². The molecular weight excluding hydrogens is 316 g/mol. The molecule has 5 N–H and O–H groups in total. The second-order valence-electron chi connectivity index (χ2n) is 5.39. The normalized spacial score (nSPS) is 14.4. The number of hydrogen-bond donors (Lipinski definition) is 4. The SMILES string of the molecule is COc1ccc(OC)c([C@H](O)[C@H](C)NC(=O)[C@@H](N)CCC(=O)O)c1. The molecule has 0 aliphatic carbocycles. The molecule has 24 heavy (non-hydrogen) atoms. The fourth-order valence-electron chi connectivity index (χ4n) is 2.16. The lowest BCUT2D eigenvalue weighted by atomic mass is 10.0. The van der Waals surface area contributed by atoms with Gasteiger partial charge in [0.05, 0.1) is 26.3 Å². The van der Waals surface area contributed by atoms with Gasteiger partial charge in [-0.3, -0.25) is 9.59 Å². The van der Waals surface area contributed by atoms with Gasteiger partial charge in [0.25, 0.3) is 0 Å². The lowest BCUT2D eigenvalue weighted by Gasteiger charge is -2.24. The van der Waals surface area contributed by atoms with E-state index in [1.807, 2.05) is 0 Å². The van der Waals surface area contributed by atoms with Gasteiger partial charge < -0.3 is 30.7 Å². The summed E-state index contributed by atoms with van der Waals surface area (Å²) in [5.74, 6) is -0.543. The third kappa shape index (κ3) is 5.39. The number of methoxy groups -OCH3 is 2. The number of rotatable bonds is 9. The van der Waals surface area contributed by atoms with Crippen LogP contribution in [0.4, 0.5) is 0 Å². The van der Waals surface area contributed by atoms with Crippen LogP contribution in [-0.2, 0) is 9.59 Å². The summed E-state index contributed by atoms with van der Waals surface area (Å²) in [5.41, 5.74) is 6.11. The van der Waals surface area contributed by atoms with Crippen molar-refractivity contribution >= 4 is 11.9 Å². The maximum Gasteiger partial charge on any atom is 0.303 e. The third-order valence-electron chi connectivity index (χ3n) is 3.61. The average Bonchev–Trinajstić information content (AvgIpc) is 2.57. The van der Waals surface area contributed by atoms with Gasteiger partial charge in [0.1, 0.15) is 17.6 Å². The number of nitrogens with two attached hydrogens (primary N) is 1. The lowest BCUT2D eigenvalue weighted by Crippen LogP contribution is -2.46. The van der Waals surface area contributed by atoms with Gasteiger partial charge in [0, 0.05) is 12.0 Å². The second kappa shape index (κ2) is 9.09.